The Kier molecular flexibility index (Phi) is 8.44. The Bertz CT molecular complexity index is 402. The molecule has 0 spiro atoms. The van der Waals surface area contributed by atoms with Gasteiger partial charge in [-0.25, -0.2) is 0 Å². The van der Waals surface area contributed by atoms with Crippen LogP contribution < -0.4 is 5.32 Å². The number of carboxylic acids is 1. The van der Waals surface area contributed by atoms with Crippen molar-refractivity contribution in [2.75, 3.05) is 0 Å². The van der Waals surface area contributed by atoms with Gasteiger partial charge in [-0.3, -0.25) is 19.7 Å². The fourth-order valence-corrected chi connectivity index (χ4v) is 0.936. The lowest BCUT2D eigenvalue weighted by Crippen LogP contribution is -2.18. The van der Waals surface area contributed by atoms with Crippen LogP contribution >= 0.6 is 0 Å². The molecule has 104 valence electrons. The first-order valence-corrected chi connectivity index (χ1v) is 5.74. The fourth-order valence-electron chi connectivity index (χ4n) is 0.936. The Morgan fingerprint density at radius 1 is 1.16 bits per heavy atom. The molecule has 1 heterocycles. The standard InChI is InChI=1S/C6H6O.C4H5NO2.C3H6O2/c7-6-4-2-1-3-5-6;6-3-1-2-4(7)5-3;1-2-3(4)5/h1-5,7H;1-2H2,(H,5,6,7);2H2,1H3,(H,4,5). The molecule has 1 saturated heterocycles. The number of amides is 2. The largest absolute Gasteiger partial charge is 0.508 e. The lowest BCUT2D eigenvalue weighted by atomic mass is 10.3. The molecule has 3 N–H and O–H groups in total. The van der Waals surface area contributed by atoms with E-state index < -0.39 is 5.97 Å². The fraction of sp³-hybridized carbons (Fsp3) is 0.308. The molecule has 1 fully saturated rings. The summed E-state index contributed by atoms with van der Waals surface area (Å²) in [6.07, 6.45) is 0.970. The van der Waals surface area contributed by atoms with E-state index in [1.165, 1.54) is 0 Å². The summed E-state index contributed by atoms with van der Waals surface area (Å²) in [4.78, 5) is 29.6. The van der Waals surface area contributed by atoms with Gasteiger partial charge in [0.05, 0.1) is 0 Å². The number of rotatable bonds is 1. The first-order valence-electron chi connectivity index (χ1n) is 5.74. The molecule has 0 aromatic heterocycles. The number of aliphatic carboxylic acids is 1. The first-order chi connectivity index (χ1) is 8.95. The number of hydrogen-bond donors (Lipinski definition) is 3. The monoisotopic (exact) mass is 267 g/mol. The molecule has 19 heavy (non-hydrogen) atoms. The number of para-hydroxylation sites is 1. The van der Waals surface area contributed by atoms with Gasteiger partial charge in [-0.05, 0) is 12.1 Å². The number of imide groups is 1. The Hall–Kier alpha value is -2.37. The summed E-state index contributed by atoms with van der Waals surface area (Å²) in [7, 11) is 0. The van der Waals surface area contributed by atoms with Gasteiger partial charge in [0.1, 0.15) is 5.75 Å². The van der Waals surface area contributed by atoms with Crippen molar-refractivity contribution in [1.82, 2.24) is 5.32 Å². The SMILES string of the molecule is CCC(=O)O.O=C1CCC(=O)N1.Oc1ccccc1. The molecule has 1 aliphatic rings. The number of benzene rings is 1. The van der Waals surface area contributed by atoms with Gasteiger partial charge >= 0.3 is 5.97 Å². The van der Waals surface area contributed by atoms with Crippen molar-refractivity contribution in [2.45, 2.75) is 26.2 Å². The summed E-state index contributed by atoms with van der Waals surface area (Å²) in [5.74, 6) is -0.720. The average molecular weight is 267 g/mol. The maximum Gasteiger partial charge on any atom is 0.303 e. The molecule has 2 rings (SSSR count). The van der Waals surface area contributed by atoms with Crippen molar-refractivity contribution in [3.05, 3.63) is 30.3 Å². The molecule has 1 aromatic rings. The van der Waals surface area contributed by atoms with E-state index in [4.69, 9.17) is 10.2 Å². The van der Waals surface area contributed by atoms with E-state index in [9.17, 15) is 14.4 Å². The van der Waals surface area contributed by atoms with Gasteiger partial charge in [0.25, 0.3) is 0 Å². The minimum absolute atomic E-state index is 0.148. The van der Waals surface area contributed by atoms with Gasteiger partial charge in [0.2, 0.25) is 11.8 Å². The number of nitrogens with one attached hydrogen (secondary N) is 1. The molecular formula is C13H17NO5. The maximum absolute atomic E-state index is 10.1. The second-order valence-electron chi connectivity index (χ2n) is 3.55. The average Bonchev–Trinajstić information content (AvgIpc) is 2.75. The van der Waals surface area contributed by atoms with E-state index in [0.29, 0.717) is 18.6 Å². The third kappa shape index (κ3) is 10.5. The van der Waals surface area contributed by atoms with Crippen LogP contribution in [0.1, 0.15) is 26.2 Å². The van der Waals surface area contributed by atoms with Crippen LogP contribution in [-0.2, 0) is 14.4 Å². The van der Waals surface area contributed by atoms with E-state index in [1.807, 2.05) is 6.07 Å². The number of aromatic hydroxyl groups is 1. The Morgan fingerprint density at radius 3 is 1.74 bits per heavy atom. The molecule has 0 bridgehead atoms. The summed E-state index contributed by atoms with van der Waals surface area (Å²) in [5, 5.41) is 18.5. The summed E-state index contributed by atoms with van der Waals surface area (Å²) < 4.78 is 0. The van der Waals surface area contributed by atoms with Gasteiger partial charge in [0.15, 0.2) is 0 Å². The van der Waals surface area contributed by atoms with Crippen LogP contribution in [-0.4, -0.2) is 28.0 Å². The lowest BCUT2D eigenvalue weighted by Gasteiger charge is -1.82. The van der Waals surface area contributed by atoms with Crippen molar-refractivity contribution in [3.63, 3.8) is 0 Å². The molecular weight excluding hydrogens is 250 g/mol. The highest BCUT2D eigenvalue weighted by molar-refractivity contribution is 6.01. The molecule has 2 amide bonds. The van der Waals surface area contributed by atoms with Crippen LogP contribution in [0.2, 0.25) is 0 Å². The topological polar surface area (TPSA) is 104 Å². The number of hydrogen-bond acceptors (Lipinski definition) is 4. The number of phenols is 1. The zero-order valence-corrected chi connectivity index (χ0v) is 10.6. The molecule has 6 nitrogen and oxygen atoms in total. The van der Waals surface area contributed by atoms with Crippen molar-refractivity contribution >= 4 is 17.8 Å². The van der Waals surface area contributed by atoms with Crippen LogP contribution in [0.5, 0.6) is 5.75 Å². The number of carboxylic acid groups (broad SMARTS) is 1. The first kappa shape index (κ1) is 16.6. The lowest BCUT2D eigenvalue weighted by molar-refractivity contribution is -0.136. The Balaban J connectivity index is 0.000000261. The molecule has 0 unspecified atom stereocenters. The highest BCUT2D eigenvalue weighted by atomic mass is 16.4. The number of carbonyl (C=O) groups excluding carboxylic acids is 2. The predicted molar refractivity (Wildman–Crippen MR) is 68.4 cm³/mol. The zero-order chi connectivity index (χ0) is 14.7. The Labute approximate surface area is 111 Å². The van der Waals surface area contributed by atoms with Crippen LogP contribution in [0.4, 0.5) is 0 Å². The normalized spacial score (nSPS) is 12.5. The maximum atomic E-state index is 10.1. The zero-order valence-electron chi connectivity index (χ0n) is 10.6. The van der Waals surface area contributed by atoms with Gasteiger partial charge in [-0.15, -0.1) is 0 Å². The van der Waals surface area contributed by atoms with E-state index in [2.05, 4.69) is 5.32 Å². The van der Waals surface area contributed by atoms with Crippen LogP contribution in [0.3, 0.4) is 0 Å². The van der Waals surface area contributed by atoms with Crippen LogP contribution in [0, 0.1) is 0 Å². The van der Waals surface area contributed by atoms with Crippen molar-refractivity contribution in [2.24, 2.45) is 0 Å². The van der Waals surface area contributed by atoms with Crippen molar-refractivity contribution in [3.8, 4) is 5.75 Å². The summed E-state index contributed by atoms with van der Waals surface area (Å²) >= 11 is 0. The summed E-state index contributed by atoms with van der Waals surface area (Å²) in [6, 6.07) is 8.71. The van der Waals surface area contributed by atoms with Gasteiger partial charge < -0.3 is 10.2 Å². The summed E-state index contributed by atoms with van der Waals surface area (Å²) in [5.41, 5.74) is 0. The van der Waals surface area contributed by atoms with E-state index in [0.717, 1.165) is 0 Å². The Morgan fingerprint density at radius 2 is 1.58 bits per heavy atom. The highest BCUT2D eigenvalue weighted by Gasteiger charge is 2.15. The quantitative estimate of drug-likeness (QED) is 0.665. The third-order valence-electron chi connectivity index (χ3n) is 1.92. The minimum atomic E-state index is -0.745. The third-order valence-corrected chi connectivity index (χ3v) is 1.92. The smallest absolute Gasteiger partial charge is 0.303 e. The second-order valence-corrected chi connectivity index (χ2v) is 3.55. The number of phenolic OH excluding ortho intramolecular Hbond substituents is 1. The molecule has 0 saturated carbocycles. The molecule has 6 heteroatoms. The molecule has 0 atom stereocenters. The van der Waals surface area contributed by atoms with Crippen LogP contribution in [0.15, 0.2) is 30.3 Å². The van der Waals surface area contributed by atoms with Crippen molar-refractivity contribution < 1.29 is 24.6 Å². The predicted octanol–water partition coefficient (Wildman–Crippen LogP) is 1.30. The van der Waals surface area contributed by atoms with E-state index in [-0.39, 0.29) is 18.2 Å². The molecule has 1 aromatic carbocycles. The van der Waals surface area contributed by atoms with E-state index in [1.54, 1.807) is 31.2 Å². The van der Waals surface area contributed by atoms with Gasteiger partial charge in [-0.2, -0.15) is 0 Å². The molecule has 0 aliphatic carbocycles. The minimum Gasteiger partial charge on any atom is -0.508 e. The van der Waals surface area contributed by atoms with Crippen LogP contribution in [0.25, 0.3) is 0 Å². The van der Waals surface area contributed by atoms with Gasteiger partial charge in [0, 0.05) is 19.3 Å². The highest BCUT2D eigenvalue weighted by Crippen LogP contribution is 2.02. The number of carbonyl (C=O) groups is 3. The second kappa shape index (κ2) is 9.64. The summed E-state index contributed by atoms with van der Waals surface area (Å²) in [6.45, 7) is 1.60. The van der Waals surface area contributed by atoms with Crippen molar-refractivity contribution in [1.29, 1.82) is 0 Å². The molecule has 1 aliphatic heterocycles. The van der Waals surface area contributed by atoms with E-state index >= 15 is 0 Å². The molecule has 0 radical (unpaired) electrons. The van der Waals surface area contributed by atoms with Gasteiger partial charge in [-0.1, -0.05) is 25.1 Å².